The minimum Gasteiger partial charge on any atom is -0.506 e. The summed E-state index contributed by atoms with van der Waals surface area (Å²) in [6.07, 6.45) is 1.86. The number of rotatable bonds is 3. The molecule has 0 radical (unpaired) electrons. The van der Waals surface area contributed by atoms with Gasteiger partial charge in [0.05, 0.1) is 11.2 Å². The summed E-state index contributed by atoms with van der Waals surface area (Å²) in [5.74, 6) is 0.164. The van der Waals surface area contributed by atoms with E-state index in [9.17, 15) is 5.11 Å². The summed E-state index contributed by atoms with van der Waals surface area (Å²) in [6.45, 7) is 0. The fraction of sp³-hybridized carbons (Fsp3) is 0. The van der Waals surface area contributed by atoms with Crippen LogP contribution in [0.25, 0.3) is 89.2 Å². The van der Waals surface area contributed by atoms with Gasteiger partial charge in [-0.25, -0.2) is 9.67 Å². The number of para-hydroxylation sites is 3. The van der Waals surface area contributed by atoms with Crippen molar-refractivity contribution in [2.24, 2.45) is 0 Å². The Morgan fingerprint density at radius 1 is 0.510 bits per heavy atom. The van der Waals surface area contributed by atoms with E-state index in [1.54, 1.807) is 6.07 Å². The normalized spacial score (nSPS) is 11.8. The maximum Gasteiger partial charge on any atom is 0.145 e. The second-order valence-electron chi connectivity index (χ2n) is 12.4. The van der Waals surface area contributed by atoms with Crippen molar-refractivity contribution in [2.45, 2.75) is 0 Å². The average molecular weight is 629 g/mol. The Bertz CT molecular complexity index is 2680. The molecular weight excluding hydrogens is 601 g/mol. The molecular formula is C44H28N4O. The highest BCUT2D eigenvalue weighted by Gasteiger charge is 2.30. The second-order valence-corrected chi connectivity index (χ2v) is 12.4. The first-order valence-electron chi connectivity index (χ1n) is 16.4. The van der Waals surface area contributed by atoms with Crippen molar-refractivity contribution in [1.82, 2.24) is 19.3 Å². The fourth-order valence-electron chi connectivity index (χ4n) is 7.59. The highest BCUT2D eigenvalue weighted by atomic mass is 16.3. The number of benzene rings is 6. The Morgan fingerprint density at radius 3 is 1.94 bits per heavy atom. The Labute approximate surface area is 282 Å². The summed E-state index contributed by atoms with van der Waals surface area (Å²) >= 11 is 0. The molecule has 0 fully saturated rings. The predicted octanol–water partition coefficient (Wildman–Crippen LogP) is 10.7. The molecule has 0 saturated heterocycles. The average Bonchev–Trinajstić information content (AvgIpc) is 3.71. The van der Waals surface area contributed by atoms with E-state index < -0.39 is 0 Å². The lowest BCUT2D eigenvalue weighted by atomic mass is 9.82. The van der Waals surface area contributed by atoms with Gasteiger partial charge in [0, 0.05) is 39.3 Å². The van der Waals surface area contributed by atoms with Gasteiger partial charge in [0.1, 0.15) is 22.8 Å². The zero-order valence-corrected chi connectivity index (χ0v) is 26.3. The molecule has 1 aliphatic rings. The summed E-state index contributed by atoms with van der Waals surface area (Å²) in [7, 11) is 0. The van der Waals surface area contributed by atoms with Crippen molar-refractivity contribution < 1.29 is 5.11 Å². The molecule has 5 nitrogen and oxygen atoms in total. The molecule has 1 aliphatic carbocycles. The lowest BCUT2D eigenvalue weighted by molar-refractivity contribution is 0.470. The monoisotopic (exact) mass is 628 g/mol. The maximum absolute atomic E-state index is 11.2. The first kappa shape index (κ1) is 27.4. The van der Waals surface area contributed by atoms with E-state index in [4.69, 9.17) is 10.1 Å². The minimum atomic E-state index is 0.164. The standard InChI is InChI=1S/C44H28N4O/c49-40-23-11-10-22-39(40)48-43(28-13-2-1-3-14-28)41-35-19-7-6-17-32(35)30-15-4-5-16-31(30)33-25-24-29(27-37(33)42(41)46-48)47-38-21-9-8-18-34(38)36-20-12-26-45-44(36)47/h1-27,49H. The van der Waals surface area contributed by atoms with E-state index in [0.717, 1.165) is 83.5 Å². The van der Waals surface area contributed by atoms with Crippen LogP contribution in [-0.4, -0.2) is 24.4 Å². The van der Waals surface area contributed by atoms with Crippen LogP contribution in [0.4, 0.5) is 0 Å². The van der Waals surface area contributed by atoms with Gasteiger partial charge in [-0.05, 0) is 70.3 Å². The molecule has 6 aromatic carbocycles. The van der Waals surface area contributed by atoms with Crippen LogP contribution >= 0.6 is 0 Å². The van der Waals surface area contributed by atoms with Gasteiger partial charge in [0.25, 0.3) is 0 Å². The quantitative estimate of drug-likeness (QED) is 0.212. The van der Waals surface area contributed by atoms with Gasteiger partial charge in [0.15, 0.2) is 0 Å². The molecule has 0 amide bonds. The van der Waals surface area contributed by atoms with E-state index in [2.05, 4.69) is 126 Å². The molecule has 1 N–H and O–H groups in total. The molecule has 9 aromatic rings. The molecule has 49 heavy (non-hydrogen) atoms. The van der Waals surface area contributed by atoms with Crippen LogP contribution in [0.5, 0.6) is 5.75 Å². The van der Waals surface area contributed by atoms with Gasteiger partial charge in [-0.2, -0.15) is 5.10 Å². The summed E-state index contributed by atoms with van der Waals surface area (Å²) < 4.78 is 4.17. The Balaban J connectivity index is 1.38. The van der Waals surface area contributed by atoms with Crippen molar-refractivity contribution in [2.75, 3.05) is 0 Å². The molecule has 3 aromatic heterocycles. The molecule has 0 bridgehead atoms. The fourth-order valence-corrected chi connectivity index (χ4v) is 7.59. The van der Waals surface area contributed by atoms with E-state index >= 15 is 0 Å². The maximum atomic E-state index is 11.2. The van der Waals surface area contributed by atoms with Gasteiger partial charge in [-0.15, -0.1) is 0 Å². The number of aromatic hydroxyl groups is 1. The van der Waals surface area contributed by atoms with Crippen LogP contribution in [0.15, 0.2) is 164 Å². The van der Waals surface area contributed by atoms with Gasteiger partial charge in [-0.1, -0.05) is 115 Å². The minimum absolute atomic E-state index is 0.164. The van der Waals surface area contributed by atoms with E-state index in [-0.39, 0.29) is 5.75 Å². The molecule has 0 atom stereocenters. The van der Waals surface area contributed by atoms with Crippen LogP contribution < -0.4 is 0 Å². The molecule has 0 saturated carbocycles. The van der Waals surface area contributed by atoms with Crippen molar-refractivity contribution in [3.8, 4) is 73.0 Å². The number of aromatic nitrogens is 4. The number of nitrogens with zero attached hydrogens (tertiary/aromatic N) is 4. The Hall–Kier alpha value is -6.72. The summed E-state index contributed by atoms with van der Waals surface area (Å²) in [4.78, 5) is 4.87. The van der Waals surface area contributed by atoms with E-state index in [0.29, 0.717) is 5.69 Å². The van der Waals surface area contributed by atoms with Crippen LogP contribution in [0, 0.1) is 0 Å². The summed E-state index contributed by atoms with van der Waals surface area (Å²) in [5, 5.41) is 19.0. The molecule has 0 unspecified atom stereocenters. The SMILES string of the molecule is Oc1ccccc1-n1nc2c(c1-c1ccccc1)-c1ccccc1-c1ccccc1-c1ccc(-n3c4ccccc4c4cccnc43)cc1-2. The van der Waals surface area contributed by atoms with Crippen molar-refractivity contribution in [3.63, 3.8) is 0 Å². The third-order valence-corrected chi connectivity index (χ3v) is 9.70. The number of fused-ring (bicyclic) bond motifs is 11. The molecule has 10 rings (SSSR count). The largest absolute Gasteiger partial charge is 0.506 e. The number of pyridine rings is 1. The molecule has 3 heterocycles. The van der Waals surface area contributed by atoms with Gasteiger partial charge >= 0.3 is 0 Å². The number of hydrogen-bond donors (Lipinski definition) is 1. The lowest BCUT2D eigenvalue weighted by Crippen LogP contribution is -2.00. The van der Waals surface area contributed by atoms with Crippen molar-refractivity contribution in [3.05, 3.63) is 164 Å². The van der Waals surface area contributed by atoms with Crippen LogP contribution in [-0.2, 0) is 0 Å². The van der Waals surface area contributed by atoms with Crippen LogP contribution in [0.2, 0.25) is 0 Å². The third-order valence-electron chi connectivity index (χ3n) is 9.70. The first-order chi connectivity index (χ1) is 24.3. The van der Waals surface area contributed by atoms with Crippen LogP contribution in [0.1, 0.15) is 0 Å². The van der Waals surface area contributed by atoms with Gasteiger partial charge < -0.3 is 5.11 Å². The lowest BCUT2D eigenvalue weighted by Gasteiger charge is -2.22. The smallest absolute Gasteiger partial charge is 0.145 e. The summed E-state index contributed by atoms with van der Waals surface area (Å²) in [6, 6.07) is 54.3. The highest BCUT2D eigenvalue weighted by molar-refractivity contribution is 6.09. The third kappa shape index (κ3) is 4.06. The first-order valence-corrected chi connectivity index (χ1v) is 16.4. The second kappa shape index (κ2) is 10.7. The zero-order chi connectivity index (χ0) is 32.5. The number of hydrogen-bond acceptors (Lipinski definition) is 3. The number of phenolic OH excluding ortho intramolecular Hbond substituents is 1. The molecule has 5 heteroatoms. The van der Waals surface area contributed by atoms with Crippen molar-refractivity contribution in [1.29, 1.82) is 0 Å². The van der Waals surface area contributed by atoms with Gasteiger partial charge in [0.2, 0.25) is 0 Å². The zero-order valence-electron chi connectivity index (χ0n) is 26.3. The highest BCUT2D eigenvalue weighted by Crippen LogP contribution is 2.51. The molecule has 230 valence electrons. The molecule has 0 spiro atoms. The van der Waals surface area contributed by atoms with E-state index in [1.807, 2.05) is 41.2 Å². The number of phenols is 1. The van der Waals surface area contributed by atoms with E-state index in [1.165, 1.54) is 0 Å². The van der Waals surface area contributed by atoms with Gasteiger partial charge in [-0.3, -0.25) is 4.57 Å². The topological polar surface area (TPSA) is 55.9 Å². The Kier molecular flexibility index (Phi) is 5.96. The van der Waals surface area contributed by atoms with Crippen molar-refractivity contribution >= 4 is 21.9 Å². The molecule has 0 aliphatic heterocycles. The predicted molar refractivity (Wildman–Crippen MR) is 198 cm³/mol. The van der Waals surface area contributed by atoms with Crippen LogP contribution in [0.3, 0.4) is 0 Å². The summed E-state index contributed by atoms with van der Waals surface area (Å²) in [5.41, 5.74) is 14.0. The Morgan fingerprint density at radius 2 is 1.14 bits per heavy atom.